The summed E-state index contributed by atoms with van der Waals surface area (Å²) in [5, 5.41) is -0.304. The highest BCUT2D eigenvalue weighted by molar-refractivity contribution is 7.89. The van der Waals surface area contributed by atoms with Crippen molar-refractivity contribution in [2.45, 2.75) is 6.18 Å². The van der Waals surface area contributed by atoms with E-state index in [2.05, 4.69) is 0 Å². The minimum Gasteiger partial charge on any atom is -0.453 e. The summed E-state index contributed by atoms with van der Waals surface area (Å²) in [5.74, 6) is -5.58. The molecule has 27 heavy (non-hydrogen) atoms. The zero-order valence-corrected chi connectivity index (χ0v) is 14.8. The van der Waals surface area contributed by atoms with Gasteiger partial charge in [-0.15, -0.1) is 0 Å². The molecule has 0 fully saturated rings. The Morgan fingerprint density at radius 3 is 2.26 bits per heavy atom. The Bertz CT molecular complexity index is 1010. The summed E-state index contributed by atoms with van der Waals surface area (Å²) in [7, 11) is -4.03. The van der Waals surface area contributed by atoms with Gasteiger partial charge in [-0.1, -0.05) is 11.6 Å². The molecule has 0 radical (unpaired) electrons. The van der Waals surface area contributed by atoms with Gasteiger partial charge in [-0.05, 0) is 24.3 Å². The molecular formula is C15H9ClF5NO4S. The Kier molecular flexibility index (Phi) is 5.66. The Morgan fingerprint density at radius 2 is 1.70 bits per heavy atom. The van der Waals surface area contributed by atoms with Crippen molar-refractivity contribution in [3.8, 4) is 11.5 Å². The number of sulfonamides is 1. The Morgan fingerprint density at radius 1 is 1.07 bits per heavy atom. The topological polar surface area (TPSA) is 72.5 Å². The van der Waals surface area contributed by atoms with Crippen LogP contribution in [-0.2, 0) is 16.2 Å². The van der Waals surface area contributed by atoms with Crippen molar-refractivity contribution in [2.75, 3.05) is 6.26 Å². The molecule has 0 unspecified atom stereocenters. The third-order valence-corrected chi connectivity index (χ3v) is 3.89. The molecule has 2 aromatic carbocycles. The molecule has 0 saturated heterocycles. The number of nitrogens with one attached hydrogen (secondary N) is 1. The molecule has 0 bridgehead atoms. The van der Waals surface area contributed by atoms with E-state index in [-0.39, 0.29) is 5.02 Å². The molecule has 5 nitrogen and oxygen atoms in total. The van der Waals surface area contributed by atoms with Gasteiger partial charge in [0.2, 0.25) is 10.0 Å². The molecule has 12 heteroatoms. The maximum absolute atomic E-state index is 14.1. The third kappa shape index (κ3) is 5.30. The van der Waals surface area contributed by atoms with Crippen LogP contribution in [0.1, 0.15) is 15.9 Å². The van der Waals surface area contributed by atoms with Crippen LogP contribution in [0.15, 0.2) is 30.3 Å². The Balaban J connectivity index is 2.39. The lowest BCUT2D eigenvalue weighted by Gasteiger charge is -2.13. The predicted octanol–water partition coefficient (Wildman–Crippen LogP) is 4.12. The van der Waals surface area contributed by atoms with E-state index in [1.54, 1.807) is 0 Å². The molecule has 1 N–H and O–H groups in total. The summed E-state index contributed by atoms with van der Waals surface area (Å²) >= 11 is 5.70. The Hall–Kier alpha value is -2.40. The van der Waals surface area contributed by atoms with Crippen LogP contribution in [0.4, 0.5) is 22.0 Å². The van der Waals surface area contributed by atoms with Crippen LogP contribution in [0, 0.1) is 11.6 Å². The van der Waals surface area contributed by atoms with E-state index in [0.717, 1.165) is 6.07 Å². The highest BCUT2D eigenvalue weighted by atomic mass is 35.5. The fraction of sp³-hybridized carbons (Fsp3) is 0.133. The van der Waals surface area contributed by atoms with E-state index in [1.165, 1.54) is 4.72 Å². The second kappa shape index (κ2) is 7.31. The number of rotatable bonds is 4. The number of alkyl halides is 3. The van der Waals surface area contributed by atoms with Crippen molar-refractivity contribution >= 4 is 27.5 Å². The second-order valence-electron chi connectivity index (χ2n) is 5.21. The number of carbonyl (C=O) groups is 1. The number of carbonyl (C=O) groups excluding carboxylic acids is 1. The van der Waals surface area contributed by atoms with Crippen LogP contribution in [0.3, 0.4) is 0 Å². The van der Waals surface area contributed by atoms with Gasteiger partial charge in [0.1, 0.15) is 11.6 Å². The molecule has 0 aliphatic carbocycles. The van der Waals surface area contributed by atoms with Crippen LogP contribution in [0.2, 0.25) is 5.02 Å². The molecule has 0 heterocycles. The first-order valence-electron chi connectivity index (χ1n) is 6.83. The molecule has 0 aliphatic rings. The van der Waals surface area contributed by atoms with E-state index in [4.69, 9.17) is 16.3 Å². The number of hydrogen-bond acceptors (Lipinski definition) is 4. The van der Waals surface area contributed by atoms with E-state index in [9.17, 15) is 35.2 Å². The number of benzene rings is 2. The molecule has 0 aromatic heterocycles. The molecule has 0 saturated carbocycles. The van der Waals surface area contributed by atoms with Gasteiger partial charge in [0, 0.05) is 6.07 Å². The van der Waals surface area contributed by atoms with Crippen molar-refractivity contribution in [3.05, 3.63) is 58.1 Å². The largest absolute Gasteiger partial charge is 0.453 e. The Labute approximate surface area is 154 Å². The normalized spacial score (nSPS) is 12.0. The van der Waals surface area contributed by atoms with Gasteiger partial charge < -0.3 is 4.74 Å². The minimum absolute atomic E-state index is 0.304. The lowest BCUT2D eigenvalue weighted by Crippen LogP contribution is -2.30. The fourth-order valence-electron chi connectivity index (χ4n) is 1.88. The molecule has 2 aromatic rings. The first kappa shape index (κ1) is 20.9. The van der Waals surface area contributed by atoms with E-state index in [1.807, 2.05) is 0 Å². The molecule has 0 aliphatic heterocycles. The summed E-state index contributed by atoms with van der Waals surface area (Å²) in [6, 6.07) is 2.74. The van der Waals surface area contributed by atoms with Gasteiger partial charge in [-0.3, -0.25) is 4.79 Å². The summed E-state index contributed by atoms with van der Waals surface area (Å²) in [5.41, 5.74) is -2.08. The maximum atomic E-state index is 14.1. The summed E-state index contributed by atoms with van der Waals surface area (Å²) in [4.78, 5) is 11.6. The van der Waals surface area contributed by atoms with Gasteiger partial charge in [-0.25, -0.2) is 21.9 Å². The van der Waals surface area contributed by atoms with Crippen LogP contribution >= 0.6 is 11.6 Å². The molecular weight excluding hydrogens is 421 g/mol. The van der Waals surface area contributed by atoms with E-state index in [0.29, 0.717) is 30.5 Å². The van der Waals surface area contributed by atoms with Crippen molar-refractivity contribution < 1.29 is 39.9 Å². The van der Waals surface area contributed by atoms with Crippen LogP contribution in [0.25, 0.3) is 0 Å². The lowest BCUT2D eigenvalue weighted by molar-refractivity contribution is -0.137. The monoisotopic (exact) mass is 429 g/mol. The zero-order chi connectivity index (χ0) is 20.6. The van der Waals surface area contributed by atoms with E-state index < -0.39 is 56.4 Å². The molecule has 1 amide bonds. The standard InChI is InChI=1S/C15H9ClF5NO4S/c1-27(24,25)22-14(23)8-5-11(18)13(6-10(8)17)26-12-4-7(15(19,20)21)2-3-9(12)16/h2-6H,1H3,(H,22,23). The van der Waals surface area contributed by atoms with Gasteiger partial charge in [0.05, 0.1) is 22.4 Å². The SMILES string of the molecule is CS(=O)(=O)NC(=O)c1cc(F)c(Oc2cc(C(F)(F)F)ccc2Cl)cc1F. The van der Waals surface area contributed by atoms with Crippen LogP contribution in [-0.4, -0.2) is 20.6 Å². The fourth-order valence-corrected chi connectivity index (χ4v) is 2.48. The average molecular weight is 430 g/mol. The van der Waals surface area contributed by atoms with E-state index >= 15 is 0 Å². The highest BCUT2D eigenvalue weighted by Gasteiger charge is 2.31. The number of ether oxygens (including phenoxy) is 1. The molecule has 2 rings (SSSR count). The second-order valence-corrected chi connectivity index (χ2v) is 7.37. The van der Waals surface area contributed by atoms with Gasteiger partial charge in [0.15, 0.2) is 11.6 Å². The van der Waals surface area contributed by atoms with Crippen molar-refractivity contribution in [2.24, 2.45) is 0 Å². The molecule has 0 spiro atoms. The molecule has 0 atom stereocenters. The number of halogens is 6. The smallest absolute Gasteiger partial charge is 0.416 e. The van der Waals surface area contributed by atoms with Crippen LogP contribution in [0.5, 0.6) is 11.5 Å². The van der Waals surface area contributed by atoms with Crippen LogP contribution < -0.4 is 9.46 Å². The highest BCUT2D eigenvalue weighted by Crippen LogP contribution is 2.37. The van der Waals surface area contributed by atoms with Crippen molar-refractivity contribution in [1.82, 2.24) is 4.72 Å². The summed E-state index contributed by atoms with van der Waals surface area (Å²) in [6.45, 7) is 0. The maximum Gasteiger partial charge on any atom is 0.416 e. The minimum atomic E-state index is -4.72. The summed E-state index contributed by atoms with van der Waals surface area (Å²) in [6.07, 6.45) is -4.09. The zero-order valence-electron chi connectivity index (χ0n) is 13.2. The van der Waals surface area contributed by atoms with Crippen molar-refractivity contribution in [1.29, 1.82) is 0 Å². The third-order valence-electron chi connectivity index (χ3n) is 3.02. The first-order chi connectivity index (χ1) is 12.3. The average Bonchev–Trinajstić information content (AvgIpc) is 2.49. The van der Waals surface area contributed by atoms with Gasteiger partial charge in [0.25, 0.3) is 5.91 Å². The predicted molar refractivity (Wildman–Crippen MR) is 85.2 cm³/mol. The quantitative estimate of drug-likeness (QED) is 0.742. The van der Waals surface area contributed by atoms with Gasteiger partial charge >= 0.3 is 6.18 Å². The molecule has 146 valence electrons. The van der Waals surface area contributed by atoms with Crippen molar-refractivity contribution in [3.63, 3.8) is 0 Å². The summed E-state index contributed by atoms with van der Waals surface area (Å²) < 4.78 is 94.6. The number of amides is 1. The lowest BCUT2D eigenvalue weighted by atomic mass is 10.2. The van der Waals surface area contributed by atoms with Gasteiger partial charge in [-0.2, -0.15) is 13.2 Å². The first-order valence-corrected chi connectivity index (χ1v) is 9.10. The number of hydrogen-bond donors (Lipinski definition) is 1.